The molecule has 1 N–H and O–H groups in total. The van der Waals surface area contributed by atoms with Gasteiger partial charge in [-0.2, -0.15) is 0 Å². The third-order valence-corrected chi connectivity index (χ3v) is 5.40. The molecule has 10 heteroatoms. The Kier molecular flexibility index (Phi) is 5.83. The van der Waals surface area contributed by atoms with Gasteiger partial charge in [0.25, 0.3) is 11.6 Å². The van der Waals surface area contributed by atoms with E-state index in [4.69, 9.17) is 27.9 Å². The second kappa shape index (κ2) is 8.14. The topological polar surface area (TPSA) is 98.5 Å². The van der Waals surface area contributed by atoms with Crippen LogP contribution in [0.25, 0.3) is 10.1 Å². The van der Waals surface area contributed by atoms with E-state index in [1.165, 1.54) is 37.3 Å². The Labute approximate surface area is 173 Å². The summed E-state index contributed by atoms with van der Waals surface area (Å²) in [6.07, 6.45) is -1.08. The van der Waals surface area contributed by atoms with Gasteiger partial charge in [-0.15, -0.1) is 11.3 Å². The van der Waals surface area contributed by atoms with Crippen LogP contribution < -0.4 is 5.32 Å². The van der Waals surface area contributed by atoms with Gasteiger partial charge >= 0.3 is 5.97 Å². The van der Waals surface area contributed by atoms with E-state index in [0.29, 0.717) is 20.8 Å². The molecule has 0 saturated heterocycles. The predicted octanol–water partition coefficient (Wildman–Crippen LogP) is 5.30. The molecule has 3 rings (SSSR count). The predicted molar refractivity (Wildman–Crippen MR) is 108 cm³/mol. The van der Waals surface area contributed by atoms with Gasteiger partial charge in [0.15, 0.2) is 6.10 Å². The number of anilines is 1. The Balaban J connectivity index is 1.70. The summed E-state index contributed by atoms with van der Waals surface area (Å²) in [7, 11) is 0. The number of non-ortho nitro benzene ring substituents is 1. The molecule has 0 aliphatic rings. The Morgan fingerprint density at radius 3 is 2.61 bits per heavy atom. The van der Waals surface area contributed by atoms with Crippen LogP contribution in [0.2, 0.25) is 10.0 Å². The number of nitrogens with one attached hydrogen (secondary N) is 1. The van der Waals surface area contributed by atoms with E-state index in [1.54, 1.807) is 12.1 Å². The number of thiophene rings is 1. The maximum Gasteiger partial charge on any atom is 0.349 e. The number of esters is 1. The van der Waals surface area contributed by atoms with Crippen LogP contribution in [0, 0.1) is 10.1 Å². The highest BCUT2D eigenvalue weighted by atomic mass is 35.5. The van der Waals surface area contributed by atoms with Crippen LogP contribution in [-0.2, 0) is 9.53 Å². The van der Waals surface area contributed by atoms with E-state index in [0.717, 1.165) is 11.3 Å². The summed E-state index contributed by atoms with van der Waals surface area (Å²) in [5.41, 5.74) is 0.269. The molecule has 1 amide bonds. The molecular formula is C18H12Cl2N2O5S. The zero-order valence-electron chi connectivity index (χ0n) is 14.3. The SMILES string of the molecule is CC(OC(=O)c1cc2cc([N+](=O)[O-])ccc2s1)C(=O)Nc1ccc(Cl)cc1Cl. The summed E-state index contributed by atoms with van der Waals surface area (Å²) in [5, 5.41) is 14.6. The average molecular weight is 439 g/mol. The fraction of sp³-hybridized carbons (Fsp3) is 0.111. The van der Waals surface area contributed by atoms with Gasteiger partial charge in [-0.25, -0.2) is 4.79 Å². The monoisotopic (exact) mass is 438 g/mol. The van der Waals surface area contributed by atoms with E-state index < -0.39 is 22.9 Å². The third-order valence-electron chi connectivity index (χ3n) is 3.75. The Hall–Kier alpha value is -2.68. The van der Waals surface area contributed by atoms with E-state index in [9.17, 15) is 19.7 Å². The molecule has 2 aromatic carbocycles. The molecule has 0 fully saturated rings. The average Bonchev–Trinajstić information content (AvgIpc) is 3.07. The van der Waals surface area contributed by atoms with Crippen LogP contribution >= 0.6 is 34.5 Å². The first-order valence-corrected chi connectivity index (χ1v) is 9.46. The van der Waals surface area contributed by atoms with Crippen LogP contribution in [0.3, 0.4) is 0 Å². The van der Waals surface area contributed by atoms with Crippen molar-refractivity contribution in [3.63, 3.8) is 0 Å². The molecule has 1 unspecified atom stereocenters. The first kappa shape index (κ1) is 20.1. The molecule has 1 heterocycles. The number of carbonyl (C=O) groups is 2. The number of fused-ring (bicyclic) bond motifs is 1. The van der Waals surface area contributed by atoms with Crippen molar-refractivity contribution in [1.29, 1.82) is 0 Å². The lowest BCUT2D eigenvalue weighted by atomic mass is 10.2. The Morgan fingerprint density at radius 2 is 1.93 bits per heavy atom. The second-order valence-electron chi connectivity index (χ2n) is 5.75. The number of ether oxygens (including phenoxy) is 1. The number of rotatable bonds is 5. The second-order valence-corrected chi connectivity index (χ2v) is 7.68. The molecule has 144 valence electrons. The van der Waals surface area contributed by atoms with E-state index >= 15 is 0 Å². The highest BCUT2D eigenvalue weighted by molar-refractivity contribution is 7.20. The molecular weight excluding hydrogens is 427 g/mol. The smallest absolute Gasteiger partial charge is 0.349 e. The zero-order chi connectivity index (χ0) is 20.4. The van der Waals surface area contributed by atoms with E-state index in [2.05, 4.69) is 5.32 Å². The number of nitrogens with zero attached hydrogens (tertiary/aromatic N) is 1. The largest absolute Gasteiger partial charge is 0.448 e. The van der Waals surface area contributed by atoms with Crippen LogP contribution in [-0.4, -0.2) is 22.9 Å². The number of carbonyl (C=O) groups excluding carboxylic acids is 2. The normalized spacial score (nSPS) is 11.8. The minimum absolute atomic E-state index is 0.0715. The van der Waals surface area contributed by atoms with Gasteiger partial charge in [0.2, 0.25) is 0 Å². The van der Waals surface area contributed by atoms with Gasteiger partial charge in [0.1, 0.15) is 4.88 Å². The summed E-state index contributed by atoms with van der Waals surface area (Å²) in [6.45, 7) is 1.43. The van der Waals surface area contributed by atoms with Crippen molar-refractivity contribution < 1.29 is 19.2 Å². The fourth-order valence-corrected chi connectivity index (χ4v) is 3.72. The van der Waals surface area contributed by atoms with Crippen LogP contribution in [0.4, 0.5) is 11.4 Å². The minimum Gasteiger partial charge on any atom is -0.448 e. The lowest BCUT2D eigenvalue weighted by molar-refractivity contribution is -0.384. The maximum atomic E-state index is 12.3. The molecule has 0 aliphatic heterocycles. The summed E-state index contributed by atoms with van der Waals surface area (Å²) in [6, 6.07) is 10.4. The Bertz CT molecular complexity index is 1100. The van der Waals surface area contributed by atoms with Gasteiger partial charge in [-0.05, 0) is 37.3 Å². The Morgan fingerprint density at radius 1 is 1.18 bits per heavy atom. The molecule has 0 saturated carbocycles. The molecule has 0 radical (unpaired) electrons. The van der Waals surface area contributed by atoms with Crippen LogP contribution in [0.5, 0.6) is 0 Å². The molecule has 7 nitrogen and oxygen atoms in total. The first-order valence-electron chi connectivity index (χ1n) is 7.89. The molecule has 0 bridgehead atoms. The summed E-state index contributed by atoms with van der Waals surface area (Å²) in [4.78, 5) is 35.2. The van der Waals surface area contributed by atoms with Crippen molar-refractivity contribution in [3.8, 4) is 0 Å². The highest BCUT2D eigenvalue weighted by Gasteiger charge is 2.21. The summed E-state index contributed by atoms with van der Waals surface area (Å²) >= 11 is 12.9. The standard InChI is InChI=1S/C18H12Cl2N2O5S/c1-9(17(23)21-14-4-2-11(19)8-13(14)20)27-18(24)16-7-10-6-12(22(25)26)3-5-15(10)28-16/h2-9H,1H3,(H,21,23). The number of halogens is 2. The minimum atomic E-state index is -1.08. The molecule has 28 heavy (non-hydrogen) atoms. The van der Waals surface area contributed by atoms with Crippen molar-refractivity contribution in [3.05, 3.63) is 67.5 Å². The summed E-state index contributed by atoms with van der Waals surface area (Å²) < 4.78 is 5.89. The van der Waals surface area contributed by atoms with Crippen LogP contribution in [0.15, 0.2) is 42.5 Å². The van der Waals surface area contributed by atoms with E-state index in [1.807, 2.05) is 0 Å². The first-order chi connectivity index (χ1) is 13.2. The third kappa shape index (κ3) is 4.41. The highest BCUT2D eigenvalue weighted by Crippen LogP contribution is 2.30. The van der Waals surface area contributed by atoms with E-state index in [-0.39, 0.29) is 15.6 Å². The van der Waals surface area contributed by atoms with Crippen molar-refractivity contribution >= 4 is 67.9 Å². The van der Waals surface area contributed by atoms with Gasteiger partial charge in [0.05, 0.1) is 15.6 Å². The van der Waals surface area contributed by atoms with Crippen molar-refractivity contribution in [1.82, 2.24) is 0 Å². The number of nitro benzene ring substituents is 1. The summed E-state index contributed by atoms with van der Waals surface area (Å²) in [5.74, 6) is -1.26. The van der Waals surface area contributed by atoms with Gasteiger partial charge < -0.3 is 10.1 Å². The number of benzene rings is 2. The molecule has 1 aromatic heterocycles. The molecule has 0 aliphatic carbocycles. The quantitative estimate of drug-likeness (QED) is 0.331. The fourth-order valence-electron chi connectivity index (χ4n) is 2.34. The molecule has 1 atom stereocenters. The van der Waals surface area contributed by atoms with Gasteiger partial charge in [-0.3, -0.25) is 14.9 Å². The lowest BCUT2D eigenvalue weighted by Gasteiger charge is -2.13. The lowest BCUT2D eigenvalue weighted by Crippen LogP contribution is -2.29. The number of hydrogen-bond donors (Lipinski definition) is 1. The zero-order valence-corrected chi connectivity index (χ0v) is 16.6. The number of nitro groups is 1. The molecule has 0 spiro atoms. The van der Waals surface area contributed by atoms with Gasteiger partial charge in [0, 0.05) is 27.2 Å². The molecule has 3 aromatic rings. The van der Waals surface area contributed by atoms with Crippen molar-refractivity contribution in [2.45, 2.75) is 13.0 Å². The number of amides is 1. The van der Waals surface area contributed by atoms with Crippen molar-refractivity contribution in [2.75, 3.05) is 5.32 Å². The van der Waals surface area contributed by atoms with Crippen LogP contribution in [0.1, 0.15) is 16.6 Å². The number of hydrogen-bond acceptors (Lipinski definition) is 6. The van der Waals surface area contributed by atoms with Crippen molar-refractivity contribution in [2.24, 2.45) is 0 Å². The van der Waals surface area contributed by atoms with Gasteiger partial charge in [-0.1, -0.05) is 23.2 Å². The maximum absolute atomic E-state index is 12.3.